The lowest BCUT2D eigenvalue weighted by molar-refractivity contribution is 0.0651. The summed E-state index contributed by atoms with van der Waals surface area (Å²) in [6, 6.07) is 17.7. The van der Waals surface area contributed by atoms with Crippen molar-refractivity contribution >= 4 is 17.5 Å². The van der Waals surface area contributed by atoms with Crippen molar-refractivity contribution < 1.29 is 9.59 Å². The van der Waals surface area contributed by atoms with E-state index < -0.39 is 0 Å². The van der Waals surface area contributed by atoms with Crippen molar-refractivity contribution in [2.24, 2.45) is 0 Å². The molecule has 2 aromatic rings. The maximum Gasteiger partial charge on any atom is 0.261 e. The molecule has 4 rings (SSSR count). The van der Waals surface area contributed by atoms with Gasteiger partial charge in [-0.2, -0.15) is 0 Å². The van der Waals surface area contributed by atoms with Crippen molar-refractivity contribution in [2.75, 3.05) is 44.2 Å². The molecule has 5 nitrogen and oxygen atoms in total. The Kier molecular flexibility index (Phi) is 6.25. The number of anilines is 1. The summed E-state index contributed by atoms with van der Waals surface area (Å²) in [5, 5.41) is 0. The SMILES string of the molecule is O=C1c2ccccc2C(=O)N1CCCCCCN1CCN(c2ccccc2)CC1. The second-order valence-electron chi connectivity index (χ2n) is 7.89. The molecule has 0 atom stereocenters. The molecule has 0 aromatic heterocycles. The fourth-order valence-corrected chi connectivity index (χ4v) is 4.27. The zero-order valence-electron chi connectivity index (χ0n) is 16.9. The van der Waals surface area contributed by atoms with Gasteiger partial charge in [-0.25, -0.2) is 0 Å². The summed E-state index contributed by atoms with van der Waals surface area (Å²) < 4.78 is 0. The number of para-hydroxylation sites is 1. The van der Waals surface area contributed by atoms with E-state index in [2.05, 4.69) is 40.1 Å². The standard InChI is InChI=1S/C24H29N3O2/c28-23-21-12-6-7-13-22(21)24(29)27(23)15-9-2-1-8-14-25-16-18-26(19-17-25)20-10-4-3-5-11-20/h3-7,10-13H,1-2,8-9,14-19H2. The topological polar surface area (TPSA) is 43.9 Å². The van der Waals surface area contributed by atoms with E-state index in [0.29, 0.717) is 17.7 Å². The van der Waals surface area contributed by atoms with E-state index in [1.807, 2.05) is 12.1 Å². The largest absolute Gasteiger partial charge is 0.369 e. The summed E-state index contributed by atoms with van der Waals surface area (Å²) in [7, 11) is 0. The molecule has 0 spiro atoms. The van der Waals surface area contributed by atoms with Gasteiger partial charge < -0.3 is 4.90 Å². The zero-order valence-corrected chi connectivity index (χ0v) is 16.9. The molecular weight excluding hydrogens is 362 g/mol. The van der Waals surface area contributed by atoms with E-state index in [9.17, 15) is 9.59 Å². The third-order valence-corrected chi connectivity index (χ3v) is 5.98. The number of rotatable bonds is 8. The Morgan fingerprint density at radius 3 is 1.79 bits per heavy atom. The summed E-state index contributed by atoms with van der Waals surface area (Å²) in [6.45, 7) is 6.07. The van der Waals surface area contributed by atoms with Crippen molar-refractivity contribution in [3.05, 3.63) is 65.7 Å². The molecule has 0 radical (unpaired) electrons. The number of amides is 2. The Morgan fingerprint density at radius 2 is 1.17 bits per heavy atom. The minimum Gasteiger partial charge on any atom is -0.369 e. The van der Waals surface area contributed by atoms with Gasteiger partial charge in [-0.15, -0.1) is 0 Å². The molecule has 5 heteroatoms. The summed E-state index contributed by atoms with van der Waals surface area (Å²) in [5.41, 5.74) is 2.42. The van der Waals surface area contributed by atoms with Crippen LogP contribution in [0.15, 0.2) is 54.6 Å². The predicted molar refractivity (Wildman–Crippen MR) is 115 cm³/mol. The van der Waals surface area contributed by atoms with E-state index >= 15 is 0 Å². The maximum atomic E-state index is 12.4. The lowest BCUT2D eigenvalue weighted by Gasteiger charge is -2.36. The van der Waals surface area contributed by atoms with E-state index in [0.717, 1.165) is 52.0 Å². The van der Waals surface area contributed by atoms with E-state index in [1.54, 1.807) is 12.1 Å². The van der Waals surface area contributed by atoms with Crippen molar-refractivity contribution in [3.63, 3.8) is 0 Å². The molecule has 1 saturated heterocycles. The Hall–Kier alpha value is -2.66. The fourth-order valence-electron chi connectivity index (χ4n) is 4.27. The van der Waals surface area contributed by atoms with Gasteiger partial charge in [0.2, 0.25) is 0 Å². The lowest BCUT2D eigenvalue weighted by Crippen LogP contribution is -2.46. The minimum atomic E-state index is -0.137. The molecule has 152 valence electrons. The van der Waals surface area contributed by atoms with E-state index in [1.165, 1.54) is 17.0 Å². The Morgan fingerprint density at radius 1 is 0.621 bits per heavy atom. The highest BCUT2D eigenvalue weighted by Gasteiger charge is 2.34. The van der Waals surface area contributed by atoms with Crippen LogP contribution in [0.2, 0.25) is 0 Å². The Bertz CT molecular complexity index is 809. The van der Waals surface area contributed by atoms with Crippen LogP contribution in [0.5, 0.6) is 0 Å². The second kappa shape index (κ2) is 9.23. The number of unbranched alkanes of at least 4 members (excludes halogenated alkanes) is 3. The van der Waals surface area contributed by atoms with Gasteiger partial charge in [0.15, 0.2) is 0 Å². The molecule has 2 aliphatic heterocycles. The van der Waals surface area contributed by atoms with Crippen LogP contribution in [0.25, 0.3) is 0 Å². The molecule has 2 amide bonds. The molecule has 1 fully saturated rings. The monoisotopic (exact) mass is 391 g/mol. The number of benzene rings is 2. The van der Waals surface area contributed by atoms with Crippen molar-refractivity contribution in [1.29, 1.82) is 0 Å². The van der Waals surface area contributed by atoms with Gasteiger partial charge in [-0.1, -0.05) is 43.2 Å². The summed E-state index contributed by atoms with van der Waals surface area (Å²) in [5.74, 6) is -0.274. The average Bonchev–Trinajstić information content (AvgIpc) is 3.02. The third kappa shape index (κ3) is 4.51. The van der Waals surface area contributed by atoms with Crippen LogP contribution in [-0.2, 0) is 0 Å². The first-order chi connectivity index (χ1) is 14.2. The second-order valence-corrected chi connectivity index (χ2v) is 7.89. The summed E-state index contributed by atoms with van der Waals surface area (Å²) >= 11 is 0. The van der Waals surface area contributed by atoms with Gasteiger partial charge in [0.05, 0.1) is 11.1 Å². The van der Waals surface area contributed by atoms with Gasteiger partial charge >= 0.3 is 0 Å². The normalized spacial score (nSPS) is 17.1. The Balaban J connectivity index is 1.11. The number of hydrogen-bond acceptors (Lipinski definition) is 4. The maximum absolute atomic E-state index is 12.4. The van der Waals surface area contributed by atoms with Crippen molar-refractivity contribution in [2.45, 2.75) is 25.7 Å². The quantitative estimate of drug-likeness (QED) is 0.509. The first kappa shape index (κ1) is 19.6. The summed E-state index contributed by atoms with van der Waals surface area (Å²) in [4.78, 5) is 31.1. The molecule has 29 heavy (non-hydrogen) atoms. The van der Waals surface area contributed by atoms with Crippen LogP contribution in [-0.4, -0.2) is 60.9 Å². The molecule has 0 N–H and O–H groups in total. The van der Waals surface area contributed by atoms with Gasteiger partial charge in [-0.05, 0) is 43.7 Å². The lowest BCUT2D eigenvalue weighted by atomic mass is 10.1. The number of hydrogen-bond donors (Lipinski definition) is 0. The number of piperazine rings is 1. The molecular formula is C24H29N3O2. The first-order valence-corrected chi connectivity index (χ1v) is 10.7. The number of imide groups is 1. The number of nitrogens with zero attached hydrogens (tertiary/aromatic N) is 3. The van der Waals surface area contributed by atoms with E-state index in [4.69, 9.17) is 0 Å². The molecule has 0 saturated carbocycles. The van der Waals surface area contributed by atoms with Crippen molar-refractivity contribution in [1.82, 2.24) is 9.80 Å². The highest BCUT2D eigenvalue weighted by atomic mass is 16.2. The predicted octanol–water partition coefficient (Wildman–Crippen LogP) is 3.67. The van der Waals surface area contributed by atoms with Crippen molar-refractivity contribution in [3.8, 4) is 0 Å². The Labute approximate surface area is 172 Å². The highest BCUT2D eigenvalue weighted by molar-refractivity contribution is 6.21. The molecule has 2 heterocycles. The van der Waals surface area contributed by atoms with Crippen LogP contribution in [0.4, 0.5) is 5.69 Å². The fraction of sp³-hybridized carbons (Fsp3) is 0.417. The van der Waals surface area contributed by atoms with Crippen LogP contribution in [0.3, 0.4) is 0 Å². The van der Waals surface area contributed by atoms with Gasteiger partial charge in [0.25, 0.3) is 11.8 Å². The zero-order chi connectivity index (χ0) is 20.1. The molecule has 2 aromatic carbocycles. The smallest absolute Gasteiger partial charge is 0.261 e. The van der Waals surface area contributed by atoms with Gasteiger partial charge in [-0.3, -0.25) is 19.4 Å². The van der Waals surface area contributed by atoms with Gasteiger partial charge in [0.1, 0.15) is 0 Å². The molecule has 0 aliphatic carbocycles. The average molecular weight is 392 g/mol. The number of carbonyl (C=O) groups excluding carboxylic acids is 2. The number of carbonyl (C=O) groups is 2. The number of fused-ring (bicyclic) bond motifs is 1. The van der Waals surface area contributed by atoms with Crippen LogP contribution < -0.4 is 4.90 Å². The van der Waals surface area contributed by atoms with E-state index in [-0.39, 0.29) is 11.8 Å². The highest BCUT2D eigenvalue weighted by Crippen LogP contribution is 2.23. The van der Waals surface area contributed by atoms with Gasteiger partial charge in [0, 0.05) is 38.4 Å². The minimum absolute atomic E-state index is 0.137. The molecule has 0 unspecified atom stereocenters. The molecule has 0 bridgehead atoms. The van der Waals surface area contributed by atoms with Crippen LogP contribution in [0, 0.1) is 0 Å². The third-order valence-electron chi connectivity index (χ3n) is 5.98. The summed E-state index contributed by atoms with van der Waals surface area (Å²) in [6.07, 6.45) is 4.25. The first-order valence-electron chi connectivity index (χ1n) is 10.7. The molecule has 2 aliphatic rings. The van der Waals surface area contributed by atoms with Crippen LogP contribution in [0.1, 0.15) is 46.4 Å². The van der Waals surface area contributed by atoms with Crippen LogP contribution >= 0.6 is 0 Å².